The summed E-state index contributed by atoms with van der Waals surface area (Å²) >= 11 is 0. The predicted octanol–water partition coefficient (Wildman–Crippen LogP) is 1.79. The van der Waals surface area contributed by atoms with Gasteiger partial charge in [0.1, 0.15) is 0 Å². The van der Waals surface area contributed by atoms with E-state index in [0.717, 1.165) is 11.1 Å². The molecule has 0 aromatic heterocycles. The highest BCUT2D eigenvalue weighted by molar-refractivity contribution is 5.38. The lowest BCUT2D eigenvalue weighted by atomic mass is 10.1. The molecular weight excluding hydrogens is 168 g/mol. The van der Waals surface area contributed by atoms with E-state index >= 15 is 0 Å². The van der Waals surface area contributed by atoms with Gasteiger partial charge in [0.25, 0.3) is 5.69 Å². The summed E-state index contributed by atoms with van der Waals surface area (Å²) in [6.07, 6.45) is 0. The number of nitrogens with two attached hydrogens (primary N) is 1. The van der Waals surface area contributed by atoms with Crippen LogP contribution < -0.4 is 5.73 Å². The molecule has 0 heterocycles. The maximum atomic E-state index is 10.3. The standard InChI is InChI=1S/C8H9NO2.CH5N/c1-6-3-4-8(9(10)11)5-7(6)2;1-2/h3-5H,1-2H3;2H2,1H3. The van der Waals surface area contributed by atoms with Gasteiger partial charge in [0, 0.05) is 12.1 Å². The van der Waals surface area contributed by atoms with Crippen LogP contribution in [0.4, 0.5) is 5.69 Å². The van der Waals surface area contributed by atoms with E-state index < -0.39 is 0 Å². The van der Waals surface area contributed by atoms with E-state index in [1.165, 1.54) is 13.1 Å². The van der Waals surface area contributed by atoms with Gasteiger partial charge in [0.05, 0.1) is 4.92 Å². The second-order valence-corrected chi connectivity index (χ2v) is 2.53. The normalized spacial score (nSPS) is 8.62. The molecule has 2 N–H and O–H groups in total. The van der Waals surface area contributed by atoms with Crippen LogP contribution in [-0.2, 0) is 0 Å². The average Bonchev–Trinajstić information content (AvgIpc) is 2.13. The van der Waals surface area contributed by atoms with E-state index in [1.807, 2.05) is 13.8 Å². The molecular formula is C9H14N2O2. The molecule has 1 rings (SSSR count). The van der Waals surface area contributed by atoms with Crippen LogP contribution in [0.2, 0.25) is 0 Å². The molecule has 1 aromatic rings. The lowest BCUT2D eigenvalue weighted by molar-refractivity contribution is -0.384. The van der Waals surface area contributed by atoms with E-state index in [2.05, 4.69) is 5.73 Å². The summed E-state index contributed by atoms with van der Waals surface area (Å²) < 4.78 is 0. The Kier molecular flexibility index (Phi) is 4.69. The minimum atomic E-state index is -0.382. The molecule has 72 valence electrons. The lowest BCUT2D eigenvalue weighted by Gasteiger charge is -1.97. The zero-order chi connectivity index (χ0) is 10.4. The predicted molar refractivity (Wildman–Crippen MR) is 52.7 cm³/mol. The number of benzene rings is 1. The van der Waals surface area contributed by atoms with Gasteiger partial charge in [-0.15, -0.1) is 0 Å². The van der Waals surface area contributed by atoms with Crippen molar-refractivity contribution in [3.05, 3.63) is 39.4 Å². The highest BCUT2D eigenvalue weighted by atomic mass is 16.6. The Morgan fingerprint density at radius 3 is 2.15 bits per heavy atom. The maximum absolute atomic E-state index is 10.3. The molecule has 0 unspecified atom stereocenters. The van der Waals surface area contributed by atoms with Crippen LogP contribution in [0.15, 0.2) is 18.2 Å². The van der Waals surface area contributed by atoms with Crippen molar-refractivity contribution in [2.45, 2.75) is 13.8 Å². The van der Waals surface area contributed by atoms with E-state index in [-0.39, 0.29) is 10.6 Å². The first kappa shape index (κ1) is 11.6. The molecule has 1 aromatic carbocycles. The minimum Gasteiger partial charge on any atom is -0.333 e. The number of nitro benzene ring substituents is 1. The van der Waals surface area contributed by atoms with Crippen molar-refractivity contribution in [2.75, 3.05) is 7.05 Å². The Morgan fingerprint density at radius 1 is 1.23 bits per heavy atom. The lowest BCUT2D eigenvalue weighted by Crippen LogP contribution is -1.89. The molecule has 4 nitrogen and oxygen atoms in total. The van der Waals surface area contributed by atoms with E-state index in [1.54, 1.807) is 12.1 Å². The van der Waals surface area contributed by atoms with Gasteiger partial charge in [-0.3, -0.25) is 10.1 Å². The van der Waals surface area contributed by atoms with Gasteiger partial charge in [0.2, 0.25) is 0 Å². The molecule has 0 saturated carbocycles. The van der Waals surface area contributed by atoms with Crippen LogP contribution in [0, 0.1) is 24.0 Å². The molecule has 0 spiro atoms. The van der Waals surface area contributed by atoms with Crippen molar-refractivity contribution >= 4 is 5.69 Å². The van der Waals surface area contributed by atoms with E-state index in [0.29, 0.717) is 0 Å². The summed E-state index contributed by atoms with van der Waals surface area (Å²) in [5.74, 6) is 0. The third kappa shape index (κ3) is 3.21. The maximum Gasteiger partial charge on any atom is 0.269 e. The van der Waals surface area contributed by atoms with Gasteiger partial charge in [0.15, 0.2) is 0 Å². The molecule has 0 atom stereocenters. The fraction of sp³-hybridized carbons (Fsp3) is 0.333. The zero-order valence-corrected chi connectivity index (χ0v) is 8.07. The number of nitrogens with zero attached hydrogens (tertiary/aromatic N) is 1. The quantitative estimate of drug-likeness (QED) is 0.531. The van der Waals surface area contributed by atoms with Crippen LogP contribution in [-0.4, -0.2) is 12.0 Å². The van der Waals surface area contributed by atoms with E-state index in [4.69, 9.17) is 0 Å². The fourth-order valence-electron chi connectivity index (χ4n) is 0.839. The van der Waals surface area contributed by atoms with Crippen LogP contribution >= 0.6 is 0 Å². The highest BCUT2D eigenvalue weighted by Gasteiger charge is 2.04. The van der Waals surface area contributed by atoms with Gasteiger partial charge >= 0.3 is 0 Å². The number of hydrogen-bond acceptors (Lipinski definition) is 3. The first-order valence-electron chi connectivity index (χ1n) is 3.90. The Labute approximate surface area is 77.5 Å². The van der Waals surface area contributed by atoms with Crippen molar-refractivity contribution < 1.29 is 4.92 Å². The summed E-state index contributed by atoms with van der Waals surface area (Å²) in [4.78, 5) is 9.89. The largest absolute Gasteiger partial charge is 0.333 e. The summed E-state index contributed by atoms with van der Waals surface area (Å²) in [7, 11) is 1.50. The van der Waals surface area contributed by atoms with Crippen molar-refractivity contribution in [1.29, 1.82) is 0 Å². The van der Waals surface area contributed by atoms with Crippen LogP contribution in [0.3, 0.4) is 0 Å². The summed E-state index contributed by atoms with van der Waals surface area (Å²) in [6.45, 7) is 3.79. The molecule has 0 aliphatic rings. The molecule has 0 fully saturated rings. The van der Waals surface area contributed by atoms with Crippen molar-refractivity contribution in [2.24, 2.45) is 5.73 Å². The van der Waals surface area contributed by atoms with Crippen molar-refractivity contribution in [3.8, 4) is 0 Å². The molecule has 0 aliphatic heterocycles. The second kappa shape index (κ2) is 5.27. The van der Waals surface area contributed by atoms with Crippen LogP contribution in [0.1, 0.15) is 11.1 Å². The molecule has 0 amide bonds. The summed E-state index contributed by atoms with van der Waals surface area (Å²) in [5.41, 5.74) is 6.70. The van der Waals surface area contributed by atoms with E-state index in [9.17, 15) is 10.1 Å². The summed E-state index contributed by atoms with van der Waals surface area (Å²) in [6, 6.07) is 4.85. The van der Waals surface area contributed by atoms with Gasteiger partial charge in [-0.2, -0.15) is 0 Å². The van der Waals surface area contributed by atoms with Gasteiger partial charge in [-0.25, -0.2) is 0 Å². The average molecular weight is 182 g/mol. The third-order valence-corrected chi connectivity index (χ3v) is 1.70. The van der Waals surface area contributed by atoms with Crippen LogP contribution in [0.5, 0.6) is 0 Å². The monoisotopic (exact) mass is 182 g/mol. The Morgan fingerprint density at radius 2 is 1.77 bits per heavy atom. The molecule has 4 heteroatoms. The zero-order valence-electron chi connectivity index (χ0n) is 8.07. The molecule has 13 heavy (non-hydrogen) atoms. The number of non-ortho nitro benzene ring substituents is 1. The Bertz CT molecular complexity index is 298. The Balaban J connectivity index is 0.000000671. The van der Waals surface area contributed by atoms with Crippen molar-refractivity contribution in [3.63, 3.8) is 0 Å². The minimum absolute atomic E-state index is 0.160. The van der Waals surface area contributed by atoms with Gasteiger partial charge in [-0.1, -0.05) is 6.07 Å². The number of aryl methyl sites for hydroxylation is 2. The molecule has 0 aliphatic carbocycles. The smallest absolute Gasteiger partial charge is 0.269 e. The topological polar surface area (TPSA) is 69.2 Å². The number of hydrogen-bond donors (Lipinski definition) is 1. The van der Waals surface area contributed by atoms with Gasteiger partial charge < -0.3 is 5.73 Å². The van der Waals surface area contributed by atoms with Crippen LogP contribution in [0.25, 0.3) is 0 Å². The van der Waals surface area contributed by atoms with Gasteiger partial charge in [-0.05, 0) is 32.0 Å². The number of rotatable bonds is 1. The fourth-order valence-corrected chi connectivity index (χ4v) is 0.839. The molecule has 0 bridgehead atoms. The molecule has 0 saturated heterocycles. The second-order valence-electron chi connectivity index (χ2n) is 2.53. The van der Waals surface area contributed by atoms with Crippen molar-refractivity contribution in [1.82, 2.24) is 0 Å². The highest BCUT2D eigenvalue weighted by Crippen LogP contribution is 2.15. The number of nitro groups is 1. The summed E-state index contributed by atoms with van der Waals surface area (Å²) in [5, 5.41) is 10.3. The Hall–Kier alpha value is -1.42. The molecule has 0 radical (unpaired) electrons. The third-order valence-electron chi connectivity index (χ3n) is 1.70. The SMILES string of the molecule is CN.Cc1ccc([N+](=O)[O-])cc1C. The first-order chi connectivity index (χ1) is 6.11. The first-order valence-corrected chi connectivity index (χ1v) is 3.90.